The summed E-state index contributed by atoms with van der Waals surface area (Å²) < 4.78 is 30.6. The van der Waals surface area contributed by atoms with Gasteiger partial charge in [-0.2, -0.15) is 0 Å². The molecule has 0 aliphatic carbocycles. The van der Waals surface area contributed by atoms with Crippen LogP contribution in [-0.2, 0) is 11.3 Å². The summed E-state index contributed by atoms with van der Waals surface area (Å²) in [7, 11) is 0. The van der Waals surface area contributed by atoms with Crippen LogP contribution in [0.2, 0.25) is 0 Å². The Morgan fingerprint density at radius 3 is 2.50 bits per heavy atom. The van der Waals surface area contributed by atoms with Gasteiger partial charge in [-0.3, -0.25) is 0 Å². The van der Waals surface area contributed by atoms with Crippen LogP contribution in [0.4, 0.5) is 8.78 Å². The molecule has 0 radical (unpaired) electrons. The van der Waals surface area contributed by atoms with Crippen molar-refractivity contribution in [2.45, 2.75) is 20.5 Å². The predicted molar refractivity (Wildman–Crippen MR) is 50.9 cm³/mol. The number of ether oxygens (including phenoxy) is 1. The van der Waals surface area contributed by atoms with Gasteiger partial charge in [0.1, 0.15) is 0 Å². The summed E-state index contributed by atoms with van der Waals surface area (Å²) in [4.78, 5) is 0. The zero-order valence-corrected chi connectivity index (χ0v) is 8.39. The van der Waals surface area contributed by atoms with E-state index < -0.39 is 11.6 Å². The van der Waals surface area contributed by atoms with Gasteiger partial charge in [-0.25, -0.2) is 8.78 Å². The molecule has 0 amide bonds. The Morgan fingerprint density at radius 1 is 1.21 bits per heavy atom. The molecule has 0 aliphatic heterocycles. The zero-order chi connectivity index (χ0) is 10.6. The van der Waals surface area contributed by atoms with E-state index in [1.165, 1.54) is 6.07 Å². The Morgan fingerprint density at radius 2 is 1.93 bits per heavy atom. The van der Waals surface area contributed by atoms with Gasteiger partial charge in [-0.1, -0.05) is 19.9 Å². The lowest BCUT2D eigenvalue weighted by molar-refractivity contribution is 0.0968. The molecule has 0 aliphatic rings. The molecule has 0 spiro atoms. The van der Waals surface area contributed by atoms with E-state index in [0.29, 0.717) is 24.7 Å². The summed E-state index contributed by atoms with van der Waals surface area (Å²) in [6.07, 6.45) is 0. The van der Waals surface area contributed by atoms with Crippen LogP contribution in [0, 0.1) is 17.6 Å². The fourth-order valence-corrected chi connectivity index (χ4v) is 1.04. The molecule has 0 aromatic heterocycles. The molecule has 1 rings (SSSR count). The first kappa shape index (κ1) is 11.1. The van der Waals surface area contributed by atoms with Gasteiger partial charge in [0.25, 0.3) is 0 Å². The minimum Gasteiger partial charge on any atom is -0.377 e. The smallest absolute Gasteiger partial charge is 0.159 e. The summed E-state index contributed by atoms with van der Waals surface area (Å²) in [6.45, 7) is 5.02. The van der Waals surface area contributed by atoms with Crippen LogP contribution in [-0.4, -0.2) is 6.61 Å². The molecule has 0 fully saturated rings. The fourth-order valence-electron chi connectivity index (χ4n) is 1.04. The molecule has 0 saturated heterocycles. The van der Waals surface area contributed by atoms with Crippen molar-refractivity contribution in [2.75, 3.05) is 6.61 Å². The predicted octanol–water partition coefficient (Wildman–Crippen LogP) is 3.14. The molecular formula is C11H14F2O. The van der Waals surface area contributed by atoms with Gasteiger partial charge in [0.15, 0.2) is 11.6 Å². The number of hydrogen-bond donors (Lipinski definition) is 0. The third-order valence-electron chi connectivity index (χ3n) is 1.70. The van der Waals surface area contributed by atoms with Crippen molar-refractivity contribution >= 4 is 0 Å². The van der Waals surface area contributed by atoms with Crippen molar-refractivity contribution in [3.63, 3.8) is 0 Å². The molecule has 0 heterocycles. The summed E-state index contributed by atoms with van der Waals surface area (Å²) in [5.74, 6) is -1.20. The molecule has 1 nitrogen and oxygen atoms in total. The Bertz CT molecular complexity index is 297. The normalized spacial score (nSPS) is 10.9. The van der Waals surface area contributed by atoms with Crippen LogP contribution in [0.1, 0.15) is 19.4 Å². The largest absolute Gasteiger partial charge is 0.377 e. The van der Waals surface area contributed by atoms with E-state index in [0.717, 1.165) is 12.1 Å². The molecule has 1 aromatic rings. The zero-order valence-electron chi connectivity index (χ0n) is 8.39. The molecule has 0 atom stereocenters. The van der Waals surface area contributed by atoms with E-state index in [1.807, 2.05) is 13.8 Å². The van der Waals surface area contributed by atoms with Crippen LogP contribution in [0.15, 0.2) is 18.2 Å². The van der Waals surface area contributed by atoms with Gasteiger partial charge in [-0.15, -0.1) is 0 Å². The first-order valence-corrected chi connectivity index (χ1v) is 4.61. The highest BCUT2D eigenvalue weighted by Crippen LogP contribution is 2.09. The molecule has 3 heteroatoms. The molecule has 1 aromatic carbocycles. The van der Waals surface area contributed by atoms with Crippen LogP contribution in [0.5, 0.6) is 0 Å². The Labute approximate surface area is 82.7 Å². The highest BCUT2D eigenvalue weighted by atomic mass is 19.2. The summed E-state index contributed by atoms with van der Waals surface area (Å²) in [5.41, 5.74) is 0.657. The minimum absolute atomic E-state index is 0.329. The summed E-state index contributed by atoms with van der Waals surface area (Å²) in [6, 6.07) is 3.80. The molecule has 0 saturated carbocycles. The van der Waals surface area contributed by atoms with E-state index in [2.05, 4.69) is 0 Å². The summed E-state index contributed by atoms with van der Waals surface area (Å²) >= 11 is 0. The van der Waals surface area contributed by atoms with Crippen LogP contribution in [0.25, 0.3) is 0 Å². The van der Waals surface area contributed by atoms with Gasteiger partial charge < -0.3 is 4.74 Å². The van der Waals surface area contributed by atoms with E-state index >= 15 is 0 Å². The van der Waals surface area contributed by atoms with E-state index in [1.54, 1.807) is 0 Å². The van der Waals surface area contributed by atoms with E-state index in [9.17, 15) is 8.78 Å². The second-order valence-corrected chi connectivity index (χ2v) is 3.66. The first-order chi connectivity index (χ1) is 6.59. The maximum absolute atomic E-state index is 12.7. The van der Waals surface area contributed by atoms with Crippen molar-refractivity contribution in [3.8, 4) is 0 Å². The second-order valence-electron chi connectivity index (χ2n) is 3.66. The lowest BCUT2D eigenvalue weighted by Gasteiger charge is -2.06. The molecule has 0 unspecified atom stereocenters. The number of halogens is 2. The van der Waals surface area contributed by atoms with Gasteiger partial charge >= 0.3 is 0 Å². The van der Waals surface area contributed by atoms with Gasteiger partial charge in [-0.05, 0) is 23.6 Å². The topological polar surface area (TPSA) is 9.23 Å². The Balaban J connectivity index is 2.47. The van der Waals surface area contributed by atoms with Crippen molar-refractivity contribution in [2.24, 2.45) is 5.92 Å². The third kappa shape index (κ3) is 3.42. The van der Waals surface area contributed by atoms with Gasteiger partial charge in [0.2, 0.25) is 0 Å². The van der Waals surface area contributed by atoms with Crippen molar-refractivity contribution < 1.29 is 13.5 Å². The molecular weight excluding hydrogens is 186 g/mol. The molecule has 78 valence electrons. The third-order valence-corrected chi connectivity index (χ3v) is 1.70. The molecule has 0 bridgehead atoms. The highest BCUT2D eigenvalue weighted by molar-refractivity contribution is 5.16. The Kier molecular flexibility index (Phi) is 4.01. The standard InChI is InChI=1S/C11H14F2O/c1-8(2)6-14-7-9-3-4-10(12)11(13)5-9/h3-5,8H,6-7H2,1-2H3. The van der Waals surface area contributed by atoms with Crippen LogP contribution < -0.4 is 0 Å². The van der Waals surface area contributed by atoms with Gasteiger partial charge in [0, 0.05) is 6.61 Å². The van der Waals surface area contributed by atoms with Crippen LogP contribution >= 0.6 is 0 Å². The summed E-state index contributed by atoms with van der Waals surface area (Å²) in [5, 5.41) is 0. The number of hydrogen-bond acceptors (Lipinski definition) is 1. The molecule has 14 heavy (non-hydrogen) atoms. The minimum atomic E-state index is -0.823. The van der Waals surface area contributed by atoms with Gasteiger partial charge in [0.05, 0.1) is 6.61 Å². The lowest BCUT2D eigenvalue weighted by atomic mass is 10.2. The van der Waals surface area contributed by atoms with Crippen molar-refractivity contribution in [1.29, 1.82) is 0 Å². The first-order valence-electron chi connectivity index (χ1n) is 4.61. The average molecular weight is 200 g/mol. The van der Waals surface area contributed by atoms with E-state index in [4.69, 9.17) is 4.74 Å². The quantitative estimate of drug-likeness (QED) is 0.725. The molecule has 0 N–H and O–H groups in total. The Hall–Kier alpha value is -0.960. The fraction of sp³-hybridized carbons (Fsp3) is 0.455. The van der Waals surface area contributed by atoms with E-state index in [-0.39, 0.29) is 0 Å². The maximum atomic E-state index is 12.7. The monoisotopic (exact) mass is 200 g/mol. The number of benzene rings is 1. The van der Waals surface area contributed by atoms with Crippen molar-refractivity contribution in [3.05, 3.63) is 35.4 Å². The number of rotatable bonds is 4. The SMILES string of the molecule is CC(C)COCc1ccc(F)c(F)c1. The lowest BCUT2D eigenvalue weighted by Crippen LogP contribution is -2.02. The van der Waals surface area contributed by atoms with Crippen molar-refractivity contribution in [1.82, 2.24) is 0 Å². The second kappa shape index (κ2) is 5.05. The maximum Gasteiger partial charge on any atom is 0.159 e. The average Bonchev–Trinajstić information content (AvgIpc) is 2.10. The highest BCUT2D eigenvalue weighted by Gasteiger charge is 2.02. The van der Waals surface area contributed by atoms with Crippen LogP contribution in [0.3, 0.4) is 0 Å².